The van der Waals surface area contributed by atoms with E-state index < -0.39 is 12.2 Å². The molecule has 2 unspecified atom stereocenters. The number of benzene rings is 1. The second-order valence-electron chi connectivity index (χ2n) is 9.44. The summed E-state index contributed by atoms with van der Waals surface area (Å²) in [4.78, 5) is 43.8. The fraction of sp³-hybridized carbons (Fsp3) is 0.462. The highest BCUT2D eigenvalue weighted by molar-refractivity contribution is 6.04. The van der Waals surface area contributed by atoms with E-state index in [2.05, 4.69) is 21.7 Å². The lowest BCUT2D eigenvalue weighted by Gasteiger charge is -2.42. The van der Waals surface area contributed by atoms with E-state index in [0.29, 0.717) is 24.7 Å². The molecule has 0 radical (unpaired) electrons. The van der Waals surface area contributed by atoms with Crippen LogP contribution in [0, 0.1) is 18.8 Å². The van der Waals surface area contributed by atoms with Gasteiger partial charge in [0, 0.05) is 37.3 Å². The Bertz CT molecular complexity index is 1260. The highest BCUT2D eigenvalue weighted by atomic mass is 16.2. The number of imide groups is 1. The number of aliphatic imine (C=N–C) groups is 1. The van der Waals surface area contributed by atoms with Gasteiger partial charge in [-0.2, -0.15) is 0 Å². The Labute approximate surface area is 205 Å². The zero-order valence-corrected chi connectivity index (χ0v) is 20.4. The van der Waals surface area contributed by atoms with E-state index in [1.807, 2.05) is 42.2 Å². The summed E-state index contributed by atoms with van der Waals surface area (Å²) in [7, 11) is 1.71. The summed E-state index contributed by atoms with van der Waals surface area (Å²) >= 11 is 0. The average Bonchev–Trinajstić information content (AvgIpc) is 3.23. The molecule has 0 aliphatic carbocycles. The maximum Gasteiger partial charge on any atom is 0.328 e. The number of aryl methyl sites for hydroxylation is 1. The number of carbonyl (C=O) groups is 2. The summed E-state index contributed by atoms with van der Waals surface area (Å²) in [5.41, 5.74) is 7.78. The summed E-state index contributed by atoms with van der Waals surface area (Å²) < 4.78 is 0. The van der Waals surface area contributed by atoms with Gasteiger partial charge in [-0.15, -0.1) is 5.92 Å². The van der Waals surface area contributed by atoms with E-state index in [1.54, 1.807) is 18.9 Å². The van der Waals surface area contributed by atoms with Crippen LogP contribution in [0.3, 0.4) is 0 Å². The van der Waals surface area contributed by atoms with Crippen molar-refractivity contribution in [3.8, 4) is 11.8 Å². The van der Waals surface area contributed by atoms with Gasteiger partial charge in [-0.3, -0.25) is 14.7 Å². The minimum Gasteiger partial charge on any atom is -0.341 e. The number of carbonyl (C=O) groups excluding carboxylic acids is 2. The molecule has 3 aliphatic rings. The zero-order chi connectivity index (χ0) is 24.7. The predicted molar refractivity (Wildman–Crippen MR) is 134 cm³/mol. The first-order valence-electron chi connectivity index (χ1n) is 12.1. The molecule has 2 fully saturated rings. The number of urea groups is 1. The number of guanidine groups is 1. The van der Waals surface area contributed by atoms with Crippen LogP contribution in [0.4, 0.5) is 4.79 Å². The molecule has 9 nitrogen and oxygen atoms in total. The summed E-state index contributed by atoms with van der Waals surface area (Å²) in [6.45, 7) is 5.64. The van der Waals surface area contributed by atoms with Crippen LogP contribution >= 0.6 is 0 Å². The fourth-order valence-electron chi connectivity index (χ4n) is 5.29. The van der Waals surface area contributed by atoms with Crippen LogP contribution in [0.15, 0.2) is 35.3 Å². The summed E-state index contributed by atoms with van der Waals surface area (Å²) in [5, 5.41) is 1.97. The minimum atomic E-state index is -0.636. The molecule has 2 aromatic rings. The highest BCUT2D eigenvalue weighted by Gasteiger charge is 2.53. The summed E-state index contributed by atoms with van der Waals surface area (Å²) in [5.74, 6) is 6.45. The van der Waals surface area contributed by atoms with E-state index in [1.165, 1.54) is 4.90 Å². The van der Waals surface area contributed by atoms with Crippen molar-refractivity contribution in [1.82, 2.24) is 24.6 Å². The normalized spacial score (nSPS) is 24.5. The SMILES string of the molecule is CC#CCN1C(N2CCC[C@H](N)C2)=NC2C1C(=O)N(Cc1nc(C)cc3ccccc13)C(=O)N2C. The number of fused-ring (bicyclic) bond motifs is 2. The van der Waals surface area contributed by atoms with Crippen molar-refractivity contribution in [1.29, 1.82) is 0 Å². The maximum absolute atomic E-state index is 13.9. The number of rotatable bonds is 3. The van der Waals surface area contributed by atoms with Crippen LogP contribution in [0.1, 0.15) is 31.2 Å². The number of pyridine rings is 1. The number of nitrogens with zero attached hydrogens (tertiary/aromatic N) is 6. The van der Waals surface area contributed by atoms with Crippen molar-refractivity contribution in [3.63, 3.8) is 0 Å². The fourth-order valence-corrected chi connectivity index (χ4v) is 5.29. The largest absolute Gasteiger partial charge is 0.341 e. The minimum absolute atomic E-state index is 0.0559. The molecule has 5 rings (SSSR count). The number of hydrogen-bond donors (Lipinski definition) is 1. The van der Waals surface area contributed by atoms with Crippen molar-refractivity contribution < 1.29 is 9.59 Å². The molecule has 0 saturated carbocycles. The molecule has 3 atom stereocenters. The number of aromatic nitrogens is 1. The number of piperidine rings is 1. The monoisotopic (exact) mass is 473 g/mol. The molecule has 1 aromatic heterocycles. The third-order valence-electron chi connectivity index (χ3n) is 6.99. The van der Waals surface area contributed by atoms with E-state index in [4.69, 9.17) is 10.7 Å². The van der Waals surface area contributed by atoms with Crippen molar-refractivity contribution in [2.45, 2.75) is 51.5 Å². The van der Waals surface area contributed by atoms with Gasteiger partial charge in [0.15, 0.2) is 18.2 Å². The van der Waals surface area contributed by atoms with Gasteiger partial charge in [-0.05, 0) is 38.1 Å². The molecule has 0 spiro atoms. The van der Waals surface area contributed by atoms with Crippen LogP contribution in [0.2, 0.25) is 0 Å². The standard InChI is InChI=1S/C26H31N7O2/c1-4-5-13-32-22-23(29-25(32)31-12-8-10-19(27)15-31)30(3)26(35)33(24(22)34)16-21-20-11-7-6-9-18(20)14-17(2)28-21/h6-7,9,11,14,19,22-23H,8,10,12-13,15-16,27H2,1-3H3/t19-,22?,23?/m0/s1. The Morgan fingerprint density at radius 1 is 1.23 bits per heavy atom. The summed E-state index contributed by atoms with van der Waals surface area (Å²) in [6, 6.07) is 8.96. The van der Waals surface area contributed by atoms with Gasteiger partial charge in [0.1, 0.15) is 0 Å². The van der Waals surface area contributed by atoms with E-state index in [0.717, 1.165) is 35.9 Å². The van der Waals surface area contributed by atoms with Gasteiger partial charge in [-0.25, -0.2) is 9.79 Å². The van der Waals surface area contributed by atoms with E-state index in [-0.39, 0.29) is 24.5 Å². The molecule has 4 heterocycles. The first-order valence-corrected chi connectivity index (χ1v) is 12.1. The van der Waals surface area contributed by atoms with Gasteiger partial charge in [0.25, 0.3) is 5.91 Å². The van der Waals surface area contributed by atoms with E-state index >= 15 is 0 Å². The molecule has 35 heavy (non-hydrogen) atoms. The number of likely N-dealkylation sites (tertiary alicyclic amines) is 1. The Hall–Kier alpha value is -3.64. The van der Waals surface area contributed by atoms with Gasteiger partial charge < -0.3 is 20.4 Å². The maximum atomic E-state index is 13.9. The quantitative estimate of drug-likeness (QED) is 0.682. The van der Waals surface area contributed by atoms with Gasteiger partial charge in [0.2, 0.25) is 0 Å². The Kier molecular flexibility index (Phi) is 6.07. The molecule has 2 N–H and O–H groups in total. The second kappa shape index (κ2) is 9.19. The lowest BCUT2D eigenvalue weighted by Crippen LogP contribution is -2.65. The molecule has 3 amide bonds. The highest BCUT2D eigenvalue weighted by Crippen LogP contribution is 2.31. The molecule has 9 heteroatoms. The molecule has 182 valence electrons. The molecule has 1 aromatic carbocycles. The summed E-state index contributed by atoms with van der Waals surface area (Å²) in [6.07, 6.45) is 1.33. The van der Waals surface area contributed by atoms with Crippen molar-refractivity contribution in [2.24, 2.45) is 10.7 Å². The van der Waals surface area contributed by atoms with Crippen LogP contribution in [0.25, 0.3) is 10.8 Å². The Morgan fingerprint density at radius 3 is 2.80 bits per heavy atom. The van der Waals surface area contributed by atoms with Gasteiger partial charge in [0.05, 0.1) is 18.8 Å². The van der Waals surface area contributed by atoms with Crippen LogP contribution in [-0.4, -0.2) is 87.4 Å². The van der Waals surface area contributed by atoms with Crippen LogP contribution in [0.5, 0.6) is 0 Å². The number of nitrogens with two attached hydrogens (primary N) is 1. The Morgan fingerprint density at radius 2 is 2.03 bits per heavy atom. The number of amides is 3. The number of likely N-dealkylation sites (N-methyl/N-ethyl adjacent to an activating group) is 1. The lowest BCUT2D eigenvalue weighted by molar-refractivity contribution is -0.138. The third kappa shape index (κ3) is 4.08. The molecular formula is C26H31N7O2. The lowest BCUT2D eigenvalue weighted by atomic mass is 10.1. The van der Waals surface area contributed by atoms with Crippen LogP contribution < -0.4 is 5.73 Å². The number of hydrogen-bond acceptors (Lipinski definition) is 7. The smallest absolute Gasteiger partial charge is 0.328 e. The van der Waals surface area contributed by atoms with Crippen molar-refractivity contribution >= 4 is 28.7 Å². The topological polar surface area (TPSA) is 98.4 Å². The Balaban J connectivity index is 1.49. The van der Waals surface area contributed by atoms with E-state index in [9.17, 15) is 9.59 Å². The molecule has 3 aliphatic heterocycles. The van der Waals surface area contributed by atoms with Gasteiger partial charge in [-0.1, -0.05) is 30.2 Å². The third-order valence-corrected chi connectivity index (χ3v) is 6.99. The van der Waals surface area contributed by atoms with Crippen molar-refractivity contribution in [3.05, 3.63) is 41.7 Å². The molecule has 2 saturated heterocycles. The van der Waals surface area contributed by atoms with Gasteiger partial charge >= 0.3 is 6.03 Å². The van der Waals surface area contributed by atoms with Crippen molar-refractivity contribution in [2.75, 3.05) is 26.7 Å². The first kappa shape index (κ1) is 23.1. The second-order valence-corrected chi connectivity index (χ2v) is 9.44. The average molecular weight is 474 g/mol. The first-order chi connectivity index (χ1) is 16.9. The molecular weight excluding hydrogens is 442 g/mol. The predicted octanol–water partition coefficient (Wildman–Crippen LogP) is 1.75. The molecule has 0 bridgehead atoms. The zero-order valence-electron chi connectivity index (χ0n) is 20.4. The van der Waals surface area contributed by atoms with Crippen LogP contribution in [-0.2, 0) is 11.3 Å².